The van der Waals surface area contributed by atoms with Crippen LogP contribution in [0, 0.1) is 24.4 Å². The van der Waals surface area contributed by atoms with E-state index in [1.165, 1.54) is 12.3 Å². The van der Waals surface area contributed by atoms with Gasteiger partial charge < -0.3 is 15.0 Å². The first kappa shape index (κ1) is 15.6. The molecule has 0 aliphatic heterocycles. The Hall–Kier alpha value is -2.77. The Morgan fingerprint density at radius 1 is 1.27 bits per heavy atom. The fourth-order valence-electron chi connectivity index (χ4n) is 1.62. The minimum absolute atomic E-state index is 0.0912. The lowest BCUT2D eigenvalue weighted by molar-refractivity contribution is -0.118. The topological polar surface area (TPSA) is 71.2 Å². The smallest absolute Gasteiger partial charge is 0.262 e. The van der Waals surface area contributed by atoms with Crippen molar-refractivity contribution in [3.8, 4) is 5.75 Å². The lowest BCUT2D eigenvalue weighted by Gasteiger charge is -2.08. The van der Waals surface area contributed by atoms with Crippen LogP contribution in [0.15, 0.2) is 29.2 Å². The number of carbonyl (C=O) groups is 1. The predicted molar refractivity (Wildman–Crippen MR) is 72.2 cm³/mol. The lowest BCUT2D eigenvalue weighted by atomic mass is 10.3. The molecule has 0 atom stereocenters. The van der Waals surface area contributed by atoms with E-state index in [1.54, 1.807) is 6.92 Å². The Morgan fingerprint density at radius 3 is 2.68 bits per heavy atom. The number of halogens is 3. The number of amides is 1. The van der Waals surface area contributed by atoms with E-state index in [0.29, 0.717) is 11.8 Å². The number of hydrogen-bond acceptors (Lipinski definition) is 3. The molecule has 0 unspecified atom stereocenters. The maximum absolute atomic E-state index is 13.4. The van der Waals surface area contributed by atoms with Gasteiger partial charge >= 0.3 is 0 Å². The molecule has 0 aliphatic rings. The number of carbonyl (C=O) groups excluding carboxylic acids is 1. The zero-order valence-corrected chi connectivity index (χ0v) is 11.4. The number of pyridine rings is 1. The van der Waals surface area contributed by atoms with E-state index in [-0.39, 0.29) is 5.75 Å². The summed E-state index contributed by atoms with van der Waals surface area (Å²) in [6.45, 7) is 1.08. The fourth-order valence-corrected chi connectivity index (χ4v) is 1.62. The highest BCUT2D eigenvalue weighted by Gasteiger charge is 2.15. The van der Waals surface area contributed by atoms with Crippen LogP contribution in [0.2, 0.25) is 0 Å². The molecule has 1 aromatic carbocycles. The van der Waals surface area contributed by atoms with Crippen LogP contribution in [0.3, 0.4) is 0 Å². The SMILES string of the molecule is Cc1cc(=O)c(OCC(=O)Nc2ccc(F)c(F)c2F)c[nH]1. The molecular weight excluding hydrogens is 301 g/mol. The van der Waals surface area contributed by atoms with Crippen molar-refractivity contribution >= 4 is 11.6 Å². The zero-order chi connectivity index (χ0) is 16.3. The molecule has 0 saturated carbocycles. The Morgan fingerprint density at radius 2 is 2.00 bits per heavy atom. The van der Waals surface area contributed by atoms with Gasteiger partial charge in [0.2, 0.25) is 5.43 Å². The summed E-state index contributed by atoms with van der Waals surface area (Å²) in [4.78, 5) is 25.8. The van der Waals surface area contributed by atoms with Crippen molar-refractivity contribution in [1.29, 1.82) is 0 Å². The second-order valence-corrected chi connectivity index (χ2v) is 4.40. The molecule has 2 N–H and O–H groups in total. The largest absolute Gasteiger partial charge is 0.478 e. The van der Waals surface area contributed by atoms with Gasteiger partial charge in [0, 0.05) is 18.0 Å². The second kappa shape index (κ2) is 6.33. The van der Waals surface area contributed by atoms with Crippen molar-refractivity contribution in [2.45, 2.75) is 6.92 Å². The summed E-state index contributed by atoms with van der Waals surface area (Å²) in [5.41, 5.74) is -0.334. The quantitative estimate of drug-likeness (QED) is 0.850. The van der Waals surface area contributed by atoms with Crippen LogP contribution in [0.5, 0.6) is 5.75 Å². The highest BCUT2D eigenvalue weighted by Crippen LogP contribution is 2.19. The first-order valence-electron chi connectivity index (χ1n) is 6.14. The van der Waals surface area contributed by atoms with Crippen LogP contribution in [-0.4, -0.2) is 17.5 Å². The molecule has 22 heavy (non-hydrogen) atoms. The van der Waals surface area contributed by atoms with E-state index in [1.807, 2.05) is 5.32 Å². The third-order valence-electron chi connectivity index (χ3n) is 2.69. The number of aryl methyl sites for hydroxylation is 1. The normalized spacial score (nSPS) is 10.4. The van der Waals surface area contributed by atoms with Gasteiger partial charge in [-0.05, 0) is 19.1 Å². The number of H-pyrrole nitrogens is 1. The van der Waals surface area contributed by atoms with E-state index in [9.17, 15) is 22.8 Å². The molecule has 0 saturated heterocycles. The molecule has 2 aromatic rings. The Labute approximate surface area is 122 Å². The second-order valence-electron chi connectivity index (χ2n) is 4.40. The van der Waals surface area contributed by atoms with Crippen LogP contribution < -0.4 is 15.5 Å². The molecule has 0 bridgehead atoms. The minimum atomic E-state index is -1.69. The number of benzene rings is 1. The first-order valence-corrected chi connectivity index (χ1v) is 6.14. The van der Waals surface area contributed by atoms with Crippen molar-refractivity contribution in [3.63, 3.8) is 0 Å². The third-order valence-corrected chi connectivity index (χ3v) is 2.69. The maximum Gasteiger partial charge on any atom is 0.262 e. The molecule has 1 amide bonds. The molecule has 0 fully saturated rings. The summed E-state index contributed by atoms with van der Waals surface area (Å²) >= 11 is 0. The standard InChI is InChI=1S/C14H11F3N2O3/c1-7-4-10(20)11(5-18-7)22-6-12(21)19-9-3-2-8(15)13(16)14(9)17/h2-5H,6H2,1H3,(H,18,20)(H,19,21). The molecule has 1 aromatic heterocycles. The Bertz CT molecular complexity index is 774. The van der Waals surface area contributed by atoms with Crippen molar-refractivity contribution in [2.75, 3.05) is 11.9 Å². The van der Waals surface area contributed by atoms with Crippen LogP contribution in [0.4, 0.5) is 18.9 Å². The molecule has 1 heterocycles. The van der Waals surface area contributed by atoms with Crippen molar-refractivity contribution in [1.82, 2.24) is 4.98 Å². The summed E-state index contributed by atoms with van der Waals surface area (Å²) in [7, 11) is 0. The van der Waals surface area contributed by atoms with Crippen LogP contribution in [-0.2, 0) is 4.79 Å². The minimum Gasteiger partial charge on any atom is -0.478 e. The number of hydrogen-bond donors (Lipinski definition) is 2. The lowest BCUT2D eigenvalue weighted by Crippen LogP contribution is -2.23. The van der Waals surface area contributed by atoms with Crippen molar-refractivity contribution in [2.24, 2.45) is 0 Å². The number of anilines is 1. The summed E-state index contributed by atoms with van der Waals surface area (Å²) < 4.78 is 44.1. The number of ether oxygens (including phenoxy) is 1. The van der Waals surface area contributed by atoms with Gasteiger partial charge in [-0.2, -0.15) is 0 Å². The maximum atomic E-state index is 13.4. The molecule has 2 rings (SSSR count). The van der Waals surface area contributed by atoms with Gasteiger partial charge in [0.1, 0.15) is 0 Å². The van der Waals surface area contributed by atoms with Gasteiger partial charge in [-0.1, -0.05) is 0 Å². The van der Waals surface area contributed by atoms with E-state index in [2.05, 4.69) is 4.98 Å². The van der Waals surface area contributed by atoms with E-state index >= 15 is 0 Å². The van der Waals surface area contributed by atoms with Gasteiger partial charge in [0.25, 0.3) is 5.91 Å². The first-order chi connectivity index (χ1) is 10.4. The third kappa shape index (κ3) is 3.46. The van der Waals surface area contributed by atoms with Crippen LogP contribution in [0.25, 0.3) is 0 Å². The van der Waals surface area contributed by atoms with E-state index < -0.39 is 41.1 Å². The number of nitrogens with one attached hydrogen (secondary N) is 2. The summed E-state index contributed by atoms with van der Waals surface area (Å²) in [5, 5.41) is 2.02. The molecule has 116 valence electrons. The molecule has 0 aliphatic carbocycles. The Balaban J connectivity index is 2.02. The number of aromatic amines is 1. The van der Waals surface area contributed by atoms with Gasteiger partial charge in [0.05, 0.1) is 5.69 Å². The predicted octanol–water partition coefficient (Wildman–Crippen LogP) is 2.12. The van der Waals surface area contributed by atoms with E-state index in [4.69, 9.17) is 4.74 Å². The van der Waals surface area contributed by atoms with Gasteiger partial charge in [0.15, 0.2) is 29.8 Å². The molecule has 0 spiro atoms. The number of rotatable bonds is 4. The van der Waals surface area contributed by atoms with Gasteiger partial charge in [-0.3, -0.25) is 9.59 Å². The highest BCUT2D eigenvalue weighted by atomic mass is 19.2. The zero-order valence-electron chi connectivity index (χ0n) is 11.4. The average molecular weight is 312 g/mol. The summed E-state index contributed by atoms with van der Waals surface area (Å²) in [5.74, 6) is -5.48. The molecular formula is C14H11F3N2O3. The van der Waals surface area contributed by atoms with Crippen LogP contribution in [0.1, 0.15) is 5.69 Å². The van der Waals surface area contributed by atoms with Crippen molar-refractivity contribution in [3.05, 3.63) is 57.8 Å². The monoisotopic (exact) mass is 312 g/mol. The molecule has 5 nitrogen and oxygen atoms in total. The van der Waals surface area contributed by atoms with Crippen molar-refractivity contribution < 1.29 is 22.7 Å². The molecule has 0 radical (unpaired) electrons. The van der Waals surface area contributed by atoms with Gasteiger partial charge in [-0.25, -0.2) is 13.2 Å². The fraction of sp³-hybridized carbons (Fsp3) is 0.143. The summed E-state index contributed by atoms with van der Waals surface area (Å²) in [6.07, 6.45) is 1.28. The number of aromatic nitrogens is 1. The highest BCUT2D eigenvalue weighted by molar-refractivity contribution is 5.92. The summed E-state index contributed by atoms with van der Waals surface area (Å²) in [6, 6.07) is 2.84. The molecule has 8 heteroatoms. The van der Waals surface area contributed by atoms with E-state index in [0.717, 1.165) is 6.07 Å². The average Bonchev–Trinajstić information content (AvgIpc) is 2.47. The Kier molecular flexibility index (Phi) is 4.50. The van der Waals surface area contributed by atoms with Gasteiger partial charge in [-0.15, -0.1) is 0 Å². The van der Waals surface area contributed by atoms with Crippen LogP contribution >= 0.6 is 0 Å².